The standard InChI is InChI=1S/C16H27N3O3S/c1-12(2)9-13(3)18(4)16(20)15-10-14(11-17-15)23(21,22)19-7-5-6-8-19/h10-13,17H,5-9H2,1-4H3. The average molecular weight is 341 g/mol. The Kier molecular flexibility index (Phi) is 5.52. The Morgan fingerprint density at radius 2 is 1.91 bits per heavy atom. The minimum absolute atomic E-state index is 0.101. The Labute approximate surface area is 138 Å². The Morgan fingerprint density at radius 1 is 1.30 bits per heavy atom. The third-order valence-corrected chi connectivity index (χ3v) is 6.26. The summed E-state index contributed by atoms with van der Waals surface area (Å²) in [5.41, 5.74) is 0.320. The van der Waals surface area contributed by atoms with Gasteiger partial charge in [0.1, 0.15) is 10.6 Å². The van der Waals surface area contributed by atoms with Gasteiger partial charge in [0.2, 0.25) is 10.0 Å². The number of hydrogen-bond donors (Lipinski definition) is 1. The number of hydrogen-bond acceptors (Lipinski definition) is 3. The SMILES string of the molecule is CC(C)CC(C)N(C)C(=O)c1cc(S(=O)(=O)N2CCCC2)c[nH]1. The van der Waals surface area contributed by atoms with Gasteiger partial charge in [0.05, 0.1) is 0 Å². The maximum atomic E-state index is 12.5. The van der Waals surface area contributed by atoms with E-state index in [1.54, 1.807) is 11.9 Å². The number of nitrogens with one attached hydrogen (secondary N) is 1. The molecule has 0 aliphatic carbocycles. The first-order valence-corrected chi connectivity index (χ1v) is 9.63. The molecule has 1 unspecified atom stereocenters. The minimum Gasteiger partial charge on any atom is -0.356 e. The van der Waals surface area contributed by atoms with E-state index in [0.717, 1.165) is 19.3 Å². The monoisotopic (exact) mass is 341 g/mol. The topological polar surface area (TPSA) is 73.5 Å². The number of sulfonamides is 1. The molecule has 1 N–H and O–H groups in total. The lowest BCUT2D eigenvalue weighted by Crippen LogP contribution is -2.36. The van der Waals surface area contributed by atoms with Crippen LogP contribution in [-0.2, 0) is 10.0 Å². The fourth-order valence-corrected chi connectivity index (χ4v) is 4.47. The van der Waals surface area contributed by atoms with E-state index >= 15 is 0 Å². The van der Waals surface area contributed by atoms with Crippen LogP contribution < -0.4 is 0 Å². The molecule has 1 saturated heterocycles. The van der Waals surface area contributed by atoms with Gasteiger partial charge in [-0.1, -0.05) is 13.8 Å². The molecule has 1 aliphatic heterocycles. The molecule has 0 bridgehead atoms. The number of rotatable bonds is 6. The first-order valence-electron chi connectivity index (χ1n) is 8.19. The molecule has 0 radical (unpaired) electrons. The van der Waals surface area contributed by atoms with Gasteiger partial charge in [0.15, 0.2) is 0 Å². The zero-order valence-corrected chi connectivity index (χ0v) is 15.2. The molecule has 0 saturated carbocycles. The van der Waals surface area contributed by atoms with E-state index in [1.165, 1.54) is 16.6 Å². The quantitative estimate of drug-likeness (QED) is 0.863. The highest BCUT2D eigenvalue weighted by Crippen LogP contribution is 2.22. The van der Waals surface area contributed by atoms with Crippen molar-refractivity contribution in [2.45, 2.75) is 51.0 Å². The molecule has 1 amide bonds. The van der Waals surface area contributed by atoms with Crippen molar-refractivity contribution in [1.29, 1.82) is 0 Å². The molecule has 0 aromatic carbocycles. The van der Waals surface area contributed by atoms with E-state index < -0.39 is 10.0 Å². The third kappa shape index (κ3) is 3.95. The Balaban J connectivity index is 2.13. The van der Waals surface area contributed by atoms with E-state index in [-0.39, 0.29) is 16.8 Å². The van der Waals surface area contributed by atoms with Gasteiger partial charge in [-0.25, -0.2) is 8.42 Å². The zero-order valence-electron chi connectivity index (χ0n) is 14.4. The summed E-state index contributed by atoms with van der Waals surface area (Å²) in [6.45, 7) is 7.35. The lowest BCUT2D eigenvalue weighted by Gasteiger charge is -2.25. The molecule has 1 fully saturated rings. The number of aromatic nitrogens is 1. The summed E-state index contributed by atoms with van der Waals surface area (Å²) < 4.78 is 26.5. The normalized spacial score (nSPS) is 17.6. The molecule has 6 nitrogen and oxygen atoms in total. The van der Waals surface area contributed by atoms with Gasteiger partial charge in [0.25, 0.3) is 5.91 Å². The first-order chi connectivity index (χ1) is 10.7. The number of carbonyl (C=O) groups is 1. The van der Waals surface area contributed by atoms with Gasteiger partial charge in [-0.2, -0.15) is 4.31 Å². The summed E-state index contributed by atoms with van der Waals surface area (Å²) in [7, 11) is -1.73. The molecule has 2 heterocycles. The van der Waals surface area contributed by atoms with Crippen LogP contribution in [0.25, 0.3) is 0 Å². The fraction of sp³-hybridized carbons (Fsp3) is 0.688. The molecule has 130 valence electrons. The summed E-state index contributed by atoms with van der Waals surface area (Å²) in [5.74, 6) is 0.316. The molecule has 1 aromatic heterocycles. The third-order valence-electron chi connectivity index (χ3n) is 4.38. The summed E-state index contributed by atoms with van der Waals surface area (Å²) in [5, 5.41) is 0. The van der Waals surface area contributed by atoms with Crippen LogP contribution >= 0.6 is 0 Å². The fourth-order valence-electron chi connectivity index (χ4n) is 2.95. The van der Waals surface area contributed by atoms with Gasteiger partial charge in [0, 0.05) is 32.4 Å². The van der Waals surface area contributed by atoms with Crippen LogP contribution in [0.1, 0.15) is 50.5 Å². The Hall–Kier alpha value is -1.34. The van der Waals surface area contributed by atoms with Crippen LogP contribution in [0.2, 0.25) is 0 Å². The summed E-state index contributed by atoms with van der Waals surface area (Å²) in [4.78, 5) is 17.2. The zero-order chi connectivity index (χ0) is 17.2. The van der Waals surface area contributed by atoms with Crippen LogP contribution in [-0.4, -0.2) is 54.7 Å². The molecule has 1 aliphatic rings. The average Bonchev–Trinajstić information content (AvgIpc) is 3.16. The van der Waals surface area contributed by atoms with E-state index in [4.69, 9.17) is 0 Å². The molecular formula is C16H27N3O3S. The second-order valence-corrected chi connectivity index (χ2v) is 8.69. The molecule has 7 heteroatoms. The van der Waals surface area contributed by atoms with Gasteiger partial charge >= 0.3 is 0 Å². The van der Waals surface area contributed by atoms with Crippen molar-refractivity contribution < 1.29 is 13.2 Å². The lowest BCUT2D eigenvalue weighted by molar-refractivity contribution is 0.0723. The van der Waals surface area contributed by atoms with Crippen LogP contribution in [0.5, 0.6) is 0 Å². The second-order valence-electron chi connectivity index (χ2n) is 6.75. The van der Waals surface area contributed by atoms with Crippen molar-refractivity contribution in [3.63, 3.8) is 0 Å². The van der Waals surface area contributed by atoms with Gasteiger partial charge in [-0.05, 0) is 38.2 Å². The van der Waals surface area contributed by atoms with Gasteiger partial charge in [-0.15, -0.1) is 0 Å². The smallest absolute Gasteiger partial charge is 0.270 e. The number of nitrogens with zero attached hydrogens (tertiary/aromatic N) is 2. The van der Waals surface area contributed by atoms with Crippen LogP contribution in [0.4, 0.5) is 0 Å². The highest BCUT2D eigenvalue weighted by atomic mass is 32.2. The maximum absolute atomic E-state index is 12.5. The van der Waals surface area contributed by atoms with Crippen molar-refractivity contribution in [2.75, 3.05) is 20.1 Å². The second kappa shape index (κ2) is 7.05. The number of aromatic amines is 1. The van der Waals surface area contributed by atoms with E-state index in [1.807, 2.05) is 6.92 Å². The largest absolute Gasteiger partial charge is 0.356 e. The first kappa shape index (κ1) is 18.0. The van der Waals surface area contributed by atoms with Crippen molar-refractivity contribution in [3.8, 4) is 0 Å². The predicted octanol–water partition coefficient (Wildman–Crippen LogP) is 2.31. The molecule has 1 aromatic rings. The summed E-state index contributed by atoms with van der Waals surface area (Å²) in [6, 6.07) is 1.55. The lowest BCUT2D eigenvalue weighted by atomic mass is 10.0. The highest BCUT2D eigenvalue weighted by Gasteiger charge is 2.29. The molecular weight excluding hydrogens is 314 g/mol. The summed E-state index contributed by atoms with van der Waals surface area (Å²) >= 11 is 0. The van der Waals surface area contributed by atoms with Gasteiger partial charge in [-0.3, -0.25) is 4.79 Å². The molecule has 0 spiro atoms. The van der Waals surface area contributed by atoms with Crippen molar-refractivity contribution in [2.24, 2.45) is 5.92 Å². The number of amides is 1. The van der Waals surface area contributed by atoms with E-state index in [9.17, 15) is 13.2 Å². The summed E-state index contributed by atoms with van der Waals surface area (Å²) in [6.07, 6.45) is 4.11. The number of carbonyl (C=O) groups excluding carboxylic acids is 1. The van der Waals surface area contributed by atoms with Crippen LogP contribution in [0, 0.1) is 5.92 Å². The predicted molar refractivity (Wildman–Crippen MR) is 89.8 cm³/mol. The molecule has 1 atom stereocenters. The van der Waals surface area contributed by atoms with Crippen molar-refractivity contribution in [1.82, 2.24) is 14.2 Å². The molecule has 2 rings (SSSR count). The van der Waals surface area contributed by atoms with Crippen molar-refractivity contribution >= 4 is 15.9 Å². The van der Waals surface area contributed by atoms with E-state index in [0.29, 0.717) is 24.7 Å². The van der Waals surface area contributed by atoms with Crippen molar-refractivity contribution in [3.05, 3.63) is 18.0 Å². The van der Waals surface area contributed by atoms with E-state index in [2.05, 4.69) is 18.8 Å². The minimum atomic E-state index is -3.48. The Morgan fingerprint density at radius 3 is 2.48 bits per heavy atom. The van der Waals surface area contributed by atoms with Crippen LogP contribution in [0.3, 0.4) is 0 Å². The Bertz CT molecular complexity index is 645. The van der Waals surface area contributed by atoms with Gasteiger partial charge < -0.3 is 9.88 Å². The number of H-pyrrole nitrogens is 1. The van der Waals surface area contributed by atoms with Crippen LogP contribution in [0.15, 0.2) is 17.2 Å². The maximum Gasteiger partial charge on any atom is 0.270 e. The highest BCUT2D eigenvalue weighted by molar-refractivity contribution is 7.89. The molecule has 23 heavy (non-hydrogen) atoms.